The fourth-order valence-electron chi connectivity index (χ4n) is 2.18. The average Bonchev–Trinajstić information content (AvgIpc) is 2.47. The molecule has 0 bridgehead atoms. The van der Waals surface area contributed by atoms with Crippen LogP contribution in [0.3, 0.4) is 0 Å². The van der Waals surface area contributed by atoms with Gasteiger partial charge in [-0.1, -0.05) is 35.9 Å². The van der Waals surface area contributed by atoms with Crippen LogP contribution in [-0.2, 0) is 0 Å². The topological polar surface area (TPSA) is 32.3 Å². The van der Waals surface area contributed by atoms with E-state index in [9.17, 15) is 13.9 Å². The Hall–Kier alpha value is -1.78. The molecule has 0 aliphatic rings. The summed E-state index contributed by atoms with van der Waals surface area (Å²) in [6.07, 6.45) is -0.882. The van der Waals surface area contributed by atoms with Gasteiger partial charge in [-0.25, -0.2) is 8.78 Å². The fourth-order valence-corrected chi connectivity index (χ4v) is 2.18. The third-order valence-corrected chi connectivity index (χ3v) is 3.49. The van der Waals surface area contributed by atoms with Crippen LogP contribution in [0.5, 0.6) is 0 Å². The summed E-state index contributed by atoms with van der Waals surface area (Å²) in [5.41, 5.74) is 2.65. The zero-order chi connectivity index (χ0) is 15.4. The predicted octanol–water partition coefficient (Wildman–Crippen LogP) is 3.66. The third-order valence-electron chi connectivity index (χ3n) is 3.49. The summed E-state index contributed by atoms with van der Waals surface area (Å²) in [5, 5.41) is 13.2. The van der Waals surface area contributed by atoms with Crippen molar-refractivity contribution in [2.45, 2.75) is 26.0 Å². The van der Waals surface area contributed by atoms with E-state index in [1.54, 1.807) is 0 Å². The largest absolute Gasteiger partial charge is 0.387 e. The summed E-state index contributed by atoms with van der Waals surface area (Å²) in [5.74, 6) is -1.86. The zero-order valence-corrected chi connectivity index (χ0v) is 12.1. The molecular formula is C17H19F2NO. The maximum absolute atomic E-state index is 13.1. The SMILES string of the molecule is Cc1cccc([C@@H](C)NCC(O)c2ccc(F)c(F)c2)c1. The van der Waals surface area contributed by atoms with Crippen molar-refractivity contribution < 1.29 is 13.9 Å². The van der Waals surface area contributed by atoms with Crippen molar-refractivity contribution in [3.05, 3.63) is 70.8 Å². The normalized spacial score (nSPS) is 14.0. The second kappa shape index (κ2) is 6.78. The zero-order valence-electron chi connectivity index (χ0n) is 12.1. The number of aryl methyl sites for hydroxylation is 1. The lowest BCUT2D eigenvalue weighted by atomic mass is 10.0. The maximum atomic E-state index is 13.1. The molecule has 0 spiro atoms. The molecule has 112 valence electrons. The summed E-state index contributed by atoms with van der Waals surface area (Å²) in [6.45, 7) is 4.28. The van der Waals surface area contributed by atoms with Crippen LogP contribution in [-0.4, -0.2) is 11.7 Å². The van der Waals surface area contributed by atoms with Crippen molar-refractivity contribution >= 4 is 0 Å². The monoisotopic (exact) mass is 291 g/mol. The number of aliphatic hydroxyl groups excluding tert-OH is 1. The first kappa shape index (κ1) is 15.6. The van der Waals surface area contributed by atoms with E-state index in [4.69, 9.17) is 0 Å². The van der Waals surface area contributed by atoms with E-state index in [0.717, 1.165) is 17.7 Å². The van der Waals surface area contributed by atoms with E-state index in [-0.39, 0.29) is 12.6 Å². The Morgan fingerprint density at radius 3 is 2.48 bits per heavy atom. The second-order valence-electron chi connectivity index (χ2n) is 5.23. The van der Waals surface area contributed by atoms with Gasteiger partial charge in [-0.05, 0) is 37.1 Å². The number of rotatable bonds is 5. The van der Waals surface area contributed by atoms with Gasteiger partial charge in [0, 0.05) is 12.6 Å². The van der Waals surface area contributed by atoms with Gasteiger partial charge in [0.25, 0.3) is 0 Å². The van der Waals surface area contributed by atoms with Crippen LogP contribution < -0.4 is 5.32 Å². The Bertz CT molecular complexity index is 615. The first-order valence-corrected chi connectivity index (χ1v) is 6.90. The van der Waals surface area contributed by atoms with E-state index in [0.29, 0.717) is 5.56 Å². The number of benzene rings is 2. The maximum Gasteiger partial charge on any atom is 0.159 e. The molecule has 0 amide bonds. The lowest BCUT2D eigenvalue weighted by Crippen LogP contribution is -2.24. The molecular weight excluding hydrogens is 272 g/mol. The van der Waals surface area contributed by atoms with Gasteiger partial charge < -0.3 is 10.4 Å². The molecule has 0 heterocycles. The van der Waals surface area contributed by atoms with E-state index in [1.165, 1.54) is 11.6 Å². The number of nitrogens with one attached hydrogen (secondary N) is 1. The van der Waals surface area contributed by atoms with Crippen molar-refractivity contribution in [1.29, 1.82) is 0 Å². The molecule has 2 nitrogen and oxygen atoms in total. The Morgan fingerprint density at radius 2 is 1.81 bits per heavy atom. The fraction of sp³-hybridized carbons (Fsp3) is 0.294. The molecule has 0 aromatic heterocycles. The van der Waals surface area contributed by atoms with Gasteiger partial charge >= 0.3 is 0 Å². The Balaban J connectivity index is 1.97. The number of hydrogen-bond donors (Lipinski definition) is 2. The van der Waals surface area contributed by atoms with Crippen molar-refractivity contribution in [2.24, 2.45) is 0 Å². The molecule has 1 unspecified atom stereocenters. The lowest BCUT2D eigenvalue weighted by molar-refractivity contribution is 0.170. The highest BCUT2D eigenvalue weighted by molar-refractivity contribution is 5.25. The molecule has 0 fully saturated rings. The van der Waals surface area contributed by atoms with Gasteiger partial charge in [0.2, 0.25) is 0 Å². The van der Waals surface area contributed by atoms with Gasteiger partial charge in [0.05, 0.1) is 6.10 Å². The molecule has 2 rings (SSSR count). The van der Waals surface area contributed by atoms with Gasteiger partial charge in [0.15, 0.2) is 11.6 Å². The van der Waals surface area contributed by atoms with Gasteiger partial charge in [-0.15, -0.1) is 0 Å². The van der Waals surface area contributed by atoms with E-state index < -0.39 is 17.7 Å². The molecule has 4 heteroatoms. The highest BCUT2D eigenvalue weighted by Crippen LogP contribution is 2.18. The van der Waals surface area contributed by atoms with Crippen LogP contribution in [0, 0.1) is 18.6 Å². The standard InChI is InChI=1S/C17H19F2NO/c1-11-4-3-5-13(8-11)12(2)20-10-17(21)14-6-7-15(18)16(19)9-14/h3-9,12,17,20-21H,10H2,1-2H3/t12-,17?/m1/s1. The smallest absolute Gasteiger partial charge is 0.159 e. The third kappa shape index (κ3) is 4.09. The minimum Gasteiger partial charge on any atom is -0.387 e. The summed E-state index contributed by atoms with van der Waals surface area (Å²) < 4.78 is 26.0. The molecule has 21 heavy (non-hydrogen) atoms. The summed E-state index contributed by atoms with van der Waals surface area (Å²) in [4.78, 5) is 0. The first-order chi connectivity index (χ1) is 9.97. The Labute approximate surface area is 123 Å². The number of aliphatic hydroxyl groups is 1. The van der Waals surface area contributed by atoms with Crippen molar-refractivity contribution in [3.63, 3.8) is 0 Å². The van der Waals surface area contributed by atoms with Crippen LogP contribution in [0.1, 0.15) is 35.8 Å². The van der Waals surface area contributed by atoms with Gasteiger partial charge in [0.1, 0.15) is 0 Å². The molecule has 2 N–H and O–H groups in total. The minimum atomic E-state index is -0.946. The summed E-state index contributed by atoms with van der Waals surface area (Å²) in [7, 11) is 0. The Morgan fingerprint density at radius 1 is 1.05 bits per heavy atom. The highest BCUT2D eigenvalue weighted by Gasteiger charge is 2.13. The molecule has 0 saturated carbocycles. The molecule has 0 aliphatic heterocycles. The predicted molar refractivity (Wildman–Crippen MR) is 78.9 cm³/mol. The van der Waals surface area contributed by atoms with Crippen LogP contribution in [0.15, 0.2) is 42.5 Å². The average molecular weight is 291 g/mol. The lowest BCUT2D eigenvalue weighted by Gasteiger charge is -2.18. The molecule has 0 aliphatic carbocycles. The number of hydrogen-bond acceptors (Lipinski definition) is 2. The van der Waals surface area contributed by atoms with Crippen molar-refractivity contribution in [1.82, 2.24) is 5.32 Å². The van der Waals surface area contributed by atoms with Gasteiger partial charge in [-0.2, -0.15) is 0 Å². The van der Waals surface area contributed by atoms with Crippen LogP contribution in [0.4, 0.5) is 8.78 Å². The quantitative estimate of drug-likeness (QED) is 0.881. The summed E-state index contributed by atoms with van der Waals surface area (Å²) in [6, 6.07) is 11.6. The van der Waals surface area contributed by atoms with Crippen LogP contribution >= 0.6 is 0 Å². The molecule has 2 atom stereocenters. The molecule has 2 aromatic rings. The van der Waals surface area contributed by atoms with Gasteiger partial charge in [-0.3, -0.25) is 0 Å². The second-order valence-corrected chi connectivity index (χ2v) is 5.23. The van der Waals surface area contributed by atoms with Crippen molar-refractivity contribution in [2.75, 3.05) is 6.54 Å². The molecule has 0 saturated heterocycles. The Kier molecular flexibility index (Phi) is 5.04. The van der Waals surface area contributed by atoms with E-state index in [2.05, 4.69) is 11.4 Å². The van der Waals surface area contributed by atoms with Crippen molar-refractivity contribution in [3.8, 4) is 0 Å². The van der Waals surface area contributed by atoms with E-state index in [1.807, 2.05) is 32.0 Å². The van der Waals surface area contributed by atoms with E-state index >= 15 is 0 Å². The first-order valence-electron chi connectivity index (χ1n) is 6.90. The highest BCUT2D eigenvalue weighted by atomic mass is 19.2. The number of halogens is 2. The molecule has 0 radical (unpaired) electrons. The molecule has 2 aromatic carbocycles. The van der Waals surface area contributed by atoms with Crippen LogP contribution in [0.25, 0.3) is 0 Å². The summed E-state index contributed by atoms with van der Waals surface area (Å²) >= 11 is 0. The van der Waals surface area contributed by atoms with Crippen LogP contribution in [0.2, 0.25) is 0 Å². The minimum absolute atomic E-state index is 0.0600.